The van der Waals surface area contributed by atoms with Gasteiger partial charge in [0.2, 0.25) is 5.91 Å². The lowest BCUT2D eigenvalue weighted by Crippen LogP contribution is -2.37. The summed E-state index contributed by atoms with van der Waals surface area (Å²) in [6.45, 7) is 1.40. The molecule has 1 saturated carbocycles. The van der Waals surface area contributed by atoms with Gasteiger partial charge in [-0.05, 0) is 12.8 Å². The Labute approximate surface area is 68.4 Å². The van der Waals surface area contributed by atoms with Gasteiger partial charge in [-0.25, -0.2) is 5.06 Å². The maximum absolute atomic E-state index is 10.7. The minimum atomic E-state index is -0.239. The Morgan fingerprint density at radius 2 is 2.00 bits per heavy atom. The molecular formula is C8H17NO2. The molecule has 0 radical (unpaired) electrons. The van der Waals surface area contributed by atoms with Crippen molar-refractivity contribution in [2.24, 2.45) is 0 Å². The summed E-state index contributed by atoms with van der Waals surface area (Å²) in [6.07, 6.45) is 5.42. The van der Waals surface area contributed by atoms with Crippen LogP contribution >= 0.6 is 0 Å². The van der Waals surface area contributed by atoms with E-state index < -0.39 is 0 Å². The van der Waals surface area contributed by atoms with Gasteiger partial charge in [0.25, 0.3) is 0 Å². The average Bonchev–Trinajstić information content (AvgIpc) is 2.05. The standard InChI is InChI=1S/C8H15NO2.H2/c1-7(10)9(11)8-5-3-2-4-6-8;/h8,11H,2-6H2,1H3;1H. The number of hydroxylamine groups is 2. The first-order valence-electron chi connectivity index (χ1n) is 4.20. The predicted molar refractivity (Wildman–Crippen MR) is 43.3 cm³/mol. The van der Waals surface area contributed by atoms with Crippen LogP contribution in [0, 0.1) is 0 Å². The maximum Gasteiger partial charge on any atom is 0.243 e. The molecule has 0 heterocycles. The second-order valence-electron chi connectivity index (χ2n) is 3.16. The lowest BCUT2D eigenvalue weighted by molar-refractivity contribution is -0.175. The number of carbonyl (C=O) groups is 1. The molecular weight excluding hydrogens is 142 g/mol. The molecule has 0 aromatic carbocycles. The monoisotopic (exact) mass is 159 g/mol. The lowest BCUT2D eigenvalue weighted by Gasteiger charge is -2.27. The Morgan fingerprint density at radius 1 is 1.45 bits per heavy atom. The Balaban J connectivity index is 0.00000121. The molecule has 1 aliphatic carbocycles. The molecule has 0 atom stereocenters. The molecule has 1 fully saturated rings. The predicted octanol–water partition coefficient (Wildman–Crippen LogP) is 1.80. The Bertz CT molecular complexity index is 146. The second kappa shape index (κ2) is 3.72. The molecule has 0 aromatic heterocycles. The van der Waals surface area contributed by atoms with Crippen molar-refractivity contribution in [1.29, 1.82) is 0 Å². The summed E-state index contributed by atoms with van der Waals surface area (Å²) in [4.78, 5) is 10.7. The third kappa shape index (κ3) is 2.19. The third-order valence-electron chi connectivity index (χ3n) is 2.24. The fourth-order valence-electron chi connectivity index (χ4n) is 1.58. The highest BCUT2D eigenvalue weighted by Gasteiger charge is 2.21. The zero-order chi connectivity index (χ0) is 8.27. The smallest absolute Gasteiger partial charge is 0.243 e. The van der Waals surface area contributed by atoms with Gasteiger partial charge in [0, 0.05) is 8.35 Å². The summed E-state index contributed by atoms with van der Waals surface area (Å²) in [5, 5.41) is 10.1. The maximum atomic E-state index is 10.7. The van der Waals surface area contributed by atoms with E-state index in [9.17, 15) is 10.0 Å². The van der Waals surface area contributed by atoms with Gasteiger partial charge in [0.1, 0.15) is 0 Å². The highest BCUT2D eigenvalue weighted by molar-refractivity contribution is 5.72. The fourth-order valence-corrected chi connectivity index (χ4v) is 1.58. The highest BCUT2D eigenvalue weighted by Crippen LogP contribution is 2.21. The van der Waals surface area contributed by atoms with Crippen LogP contribution in [0.1, 0.15) is 40.5 Å². The molecule has 1 aliphatic rings. The third-order valence-corrected chi connectivity index (χ3v) is 2.24. The van der Waals surface area contributed by atoms with Gasteiger partial charge < -0.3 is 0 Å². The normalized spacial score (nSPS) is 19.8. The van der Waals surface area contributed by atoms with E-state index in [1.54, 1.807) is 0 Å². The summed E-state index contributed by atoms with van der Waals surface area (Å²) >= 11 is 0. The molecule has 1 N–H and O–H groups in total. The molecule has 0 saturated heterocycles. The molecule has 3 heteroatoms. The van der Waals surface area contributed by atoms with Crippen molar-refractivity contribution in [3.8, 4) is 0 Å². The molecule has 0 spiro atoms. The Morgan fingerprint density at radius 3 is 2.45 bits per heavy atom. The van der Waals surface area contributed by atoms with Crippen LogP contribution in [0.15, 0.2) is 0 Å². The number of rotatable bonds is 1. The van der Waals surface area contributed by atoms with E-state index in [1.165, 1.54) is 13.3 Å². The number of hydrogen-bond acceptors (Lipinski definition) is 2. The first-order valence-corrected chi connectivity index (χ1v) is 4.20. The molecule has 1 amide bonds. The van der Waals surface area contributed by atoms with Crippen molar-refractivity contribution in [1.82, 2.24) is 5.06 Å². The van der Waals surface area contributed by atoms with Crippen LogP contribution < -0.4 is 0 Å². The number of carbonyl (C=O) groups excluding carboxylic acids is 1. The Hall–Kier alpha value is -0.570. The van der Waals surface area contributed by atoms with Crippen molar-refractivity contribution in [3.63, 3.8) is 0 Å². The minimum Gasteiger partial charge on any atom is -0.286 e. The molecule has 66 valence electrons. The van der Waals surface area contributed by atoms with Crippen LogP contribution in [0.3, 0.4) is 0 Å². The van der Waals surface area contributed by atoms with Crippen molar-refractivity contribution >= 4 is 5.91 Å². The van der Waals surface area contributed by atoms with Crippen molar-refractivity contribution in [3.05, 3.63) is 0 Å². The average molecular weight is 159 g/mol. The summed E-state index contributed by atoms with van der Waals surface area (Å²) in [5.74, 6) is -0.239. The molecule has 0 aromatic rings. The van der Waals surface area contributed by atoms with Crippen molar-refractivity contribution < 1.29 is 11.4 Å². The van der Waals surface area contributed by atoms with Crippen LogP contribution in [-0.2, 0) is 4.79 Å². The van der Waals surface area contributed by atoms with E-state index in [2.05, 4.69) is 0 Å². The van der Waals surface area contributed by atoms with Gasteiger partial charge >= 0.3 is 0 Å². The van der Waals surface area contributed by atoms with Crippen molar-refractivity contribution in [2.75, 3.05) is 0 Å². The number of hydrogen-bond donors (Lipinski definition) is 1. The summed E-state index contributed by atoms with van der Waals surface area (Å²) in [5.41, 5.74) is 0. The zero-order valence-electron chi connectivity index (χ0n) is 6.92. The van der Waals surface area contributed by atoms with Gasteiger partial charge in [0.15, 0.2) is 0 Å². The van der Waals surface area contributed by atoms with E-state index in [4.69, 9.17) is 0 Å². The summed E-state index contributed by atoms with van der Waals surface area (Å²) in [6, 6.07) is 0.0845. The minimum absolute atomic E-state index is 0. The lowest BCUT2D eigenvalue weighted by atomic mass is 9.95. The van der Waals surface area contributed by atoms with Crippen LogP contribution in [0.2, 0.25) is 0 Å². The summed E-state index contributed by atoms with van der Waals surface area (Å²) in [7, 11) is 0. The molecule has 0 bridgehead atoms. The fraction of sp³-hybridized carbons (Fsp3) is 0.875. The van der Waals surface area contributed by atoms with Gasteiger partial charge in [0.05, 0.1) is 6.04 Å². The van der Waals surface area contributed by atoms with Crippen LogP contribution in [0.5, 0.6) is 0 Å². The van der Waals surface area contributed by atoms with E-state index in [0.29, 0.717) is 0 Å². The number of nitrogens with zero attached hydrogens (tertiary/aromatic N) is 1. The molecule has 3 nitrogen and oxygen atoms in total. The summed E-state index contributed by atoms with van der Waals surface area (Å²) < 4.78 is 0. The van der Waals surface area contributed by atoms with Crippen LogP contribution in [0.25, 0.3) is 0 Å². The SMILES string of the molecule is CC(=O)N(O)C1CCCCC1.[HH]. The number of amides is 1. The zero-order valence-corrected chi connectivity index (χ0v) is 6.92. The Kier molecular flexibility index (Phi) is 2.88. The largest absolute Gasteiger partial charge is 0.286 e. The molecule has 11 heavy (non-hydrogen) atoms. The van der Waals surface area contributed by atoms with E-state index in [-0.39, 0.29) is 13.4 Å². The van der Waals surface area contributed by atoms with Crippen LogP contribution in [0.4, 0.5) is 0 Å². The second-order valence-corrected chi connectivity index (χ2v) is 3.16. The van der Waals surface area contributed by atoms with E-state index in [0.717, 1.165) is 30.7 Å². The molecule has 0 aliphatic heterocycles. The van der Waals surface area contributed by atoms with Crippen LogP contribution in [-0.4, -0.2) is 22.2 Å². The first-order chi connectivity index (χ1) is 5.22. The highest BCUT2D eigenvalue weighted by atomic mass is 16.5. The topological polar surface area (TPSA) is 40.5 Å². The van der Waals surface area contributed by atoms with Gasteiger partial charge in [-0.1, -0.05) is 19.3 Å². The van der Waals surface area contributed by atoms with E-state index in [1.807, 2.05) is 0 Å². The first kappa shape index (κ1) is 8.53. The van der Waals surface area contributed by atoms with E-state index >= 15 is 0 Å². The van der Waals surface area contributed by atoms with Crippen molar-refractivity contribution in [2.45, 2.75) is 45.1 Å². The molecule has 0 unspecified atom stereocenters. The van der Waals surface area contributed by atoms with Gasteiger partial charge in [-0.2, -0.15) is 0 Å². The molecule has 1 rings (SSSR count). The quantitative estimate of drug-likeness (QED) is 0.468. The van der Waals surface area contributed by atoms with Gasteiger partial charge in [-0.15, -0.1) is 0 Å². The van der Waals surface area contributed by atoms with Gasteiger partial charge in [-0.3, -0.25) is 10.0 Å².